The van der Waals surface area contributed by atoms with E-state index < -0.39 is 0 Å². The molecule has 5 nitrogen and oxygen atoms in total. The molecule has 1 aromatic rings. The van der Waals surface area contributed by atoms with Gasteiger partial charge in [-0.05, 0) is 27.2 Å². The van der Waals surface area contributed by atoms with Gasteiger partial charge < -0.3 is 15.5 Å². The standard InChI is InChI=1S/C12H22N4O/c1-5-6-11-16-9(4)10(17-11)7-14-12(13)15-8(2)3/h8H,5-7H2,1-4H3,(H3,13,14,15). The molecule has 1 aromatic heterocycles. The van der Waals surface area contributed by atoms with Crippen molar-refractivity contribution in [3.05, 3.63) is 17.3 Å². The Morgan fingerprint density at radius 1 is 1.53 bits per heavy atom. The van der Waals surface area contributed by atoms with Gasteiger partial charge in [-0.2, -0.15) is 0 Å². The van der Waals surface area contributed by atoms with Crippen LogP contribution in [0.5, 0.6) is 0 Å². The van der Waals surface area contributed by atoms with E-state index in [0.29, 0.717) is 12.5 Å². The number of aryl methyl sites for hydroxylation is 2. The van der Waals surface area contributed by atoms with Crippen LogP contribution in [0.15, 0.2) is 9.41 Å². The summed E-state index contributed by atoms with van der Waals surface area (Å²) in [6.45, 7) is 8.50. The van der Waals surface area contributed by atoms with Gasteiger partial charge in [-0.3, -0.25) is 0 Å². The summed E-state index contributed by atoms with van der Waals surface area (Å²) in [5.41, 5.74) is 6.61. The number of rotatable bonds is 5. The third-order valence-electron chi connectivity index (χ3n) is 2.23. The SMILES string of the molecule is CCCc1nc(C)c(CN=C(N)NC(C)C)o1. The number of nitrogens with zero attached hydrogens (tertiary/aromatic N) is 2. The molecule has 0 aliphatic heterocycles. The highest BCUT2D eigenvalue weighted by Gasteiger charge is 2.08. The van der Waals surface area contributed by atoms with E-state index in [1.54, 1.807) is 0 Å². The number of nitrogens with one attached hydrogen (secondary N) is 1. The van der Waals surface area contributed by atoms with Crippen LogP contribution in [0.4, 0.5) is 0 Å². The summed E-state index contributed by atoms with van der Waals surface area (Å²) in [4.78, 5) is 8.56. The second-order valence-corrected chi connectivity index (χ2v) is 4.37. The van der Waals surface area contributed by atoms with Crippen molar-refractivity contribution in [2.24, 2.45) is 10.7 Å². The van der Waals surface area contributed by atoms with Crippen molar-refractivity contribution in [2.45, 2.75) is 53.1 Å². The number of hydrogen-bond acceptors (Lipinski definition) is 3. The molecule has 5 heteroatoms. The average molecular weight is 238 g/mol. The Balaban J connectivity index is 2.62. The summed E-state index contributed by atoms with van der Waals surface area (Å²) in [5, 5.41) is 3.03. The third kappa shape index (κ3) is 4.46. The van der Waals surface area contributed by atoms with Crippen molar-refractivity contribution < 1.29 is 4.42 Å². The molecule has 3 N–H and O–H groups in total. The zero-order chi connectivity index (χ0) is 12.8. The summed E-state index contributed by atoms with van der Waals surface area (Å²) >= 11 is 0. The molecule has 1 heterocycles. The van der Waals surface area contributed by atoms with Gasteiger partial charge in [0.1, 0.15) is 12.3 Å². The first kappa shape index (κ1) is 13.5. The molecular weight excluding hydrogens is 216 g/mol. The first-order chi connectivity index (χ1) is 8.02. The summed E-state index contributed by atoms with van der Waals surface area (Å²) in [6, 6.07) is 0.283. The van der Waals surface area contributed by atoms with E-state index in [2.05, 4.69) is 22.2 Å². The maximum absolute atomic E-state index is 5.71. The molecule has 0 bridgehead atoms. The van der Waals surface area contributed by atoms with Crippen LogP contribution in [0, 0.1) is 6.92 Å². The molecule has 0 aliphatic rings. The Morgan fingerprint density at radius 2 is 2.24 bits per heavy atom. The molecule has 0 amide bonds. The predicted molar refractivity (Wildman–Crippen MR) is 68.8 cm³/mol. The summed E-state index contributed by atoms with van der Waals surface area (Å²) in [7, 11) is 0. The Bertz CT molecular complexity index is 382. The van der Waals surface area contributed by atoms with Crippen LogP contribution in [0.25, 0.3) is 0 Å². The van der Waals surface area contributed by atoms with Crippen LogP contribution >= 0.6 is 0 Å². The van der Waals surface area contributed by atoms with Crippen molar-refractivity contribution in [1.29, 1.82) is 0 Å². The fourth-order valence-electron chi connectivity index (χ4n) is 1.45. The Morgan fingerprint density at radius 3 is 2.82 bits per heavy atom. The van der Waals surface area contributed by atoms with Crippen molar-refractivity contribution >= 4 is 5.96 Å². The lowest BCUT2D eigenvalue weighted by Gasteiger charge is -2.07. The Hall–Kier alpha value is -1.52. The van der Waals surface area contributed by atoms with Gasteiger partial charge in [-0.1, -0.05) is 6.92 Å². The maximum atomic E-state index is 5.71. The number of guanidine groups is 1. The number of oxazole rings is 1. The normalized spacial score (nSPS) is 12.2. The van der Waals surface area contributed by atoms with Gasteiger partial charge >= 0.3 is 0 Å². The molecule has 1 rings (SSSR count). The zero-order valence-electron chi connectivity index (χ0n) is 11.1. The largest absolute Gasteiger partial charge is 0.443 e. The van der Waals surface area contributed by atoms with E-state index in [0.717, 1.165) is 30.2 Å². The highest BCUT2D eigenvalue weighted by molar-refractivity contribution is 5.77. The molecular formula is C12H22N4O. The molecule has 0 spiro atoms. The highest BCUT2D eigenvalue weighted by atomic mass is 16.4. The van der Waals surface area contributed by atoms with Gasteiger partial charge in [-0.15, -0.1) is 0 Å². The zero-order valence-corrected chi connectivity index (χ0v) is 11.1. The van der Waals surface area contributed by atoms with Crippen molar-refractivity contribution in [3.8, 4) is 0 Å². The second-order valence-electron chi connectivity index (χ2n) is 4.37. The van der Waals surface area contributed by atoms with Gasteiger partial charge in [0.2, 0.25) is 0 Å². The molecule has 17 heavy (non-hydrogen) atoms. The minimum Gasteiger partial charge on any atom is -0.443 e. The lowest BCUT2D eigenvalue weighted by molar-refractivity contribution is 0.453. The smallest absolute Gasteiger partial charge is 0.194 e. The lowest BCUT2D eigenvalue weighted by Crippen LogP contribution is -2.36. The molecule has 0 saturated carbocycles. The van der Waals surface area contributed by atoms with Crippen molar-refractivity contribution in [3.63, 3.8) is 0 Å². The van der Waals surface area contributed by atoms with Gasteiger partial charge in [0, 0.05) is 12.5 Å². The van der Waals surface area contributed by atoms with Crippen LogP contribution in [-0.4, -0.2) is 17.0 Å². The number of hydrogen-bond donors (Lipinski definition) is 2. The maximum Gasteiger partial charge on any atom is 0.194 e. The quantitative estimate of drug-likeness (QED) is 0.605. The molecule has 0 fully saturated rings. The Labute approximate surface area is 103 Å². The molecule has 0 radical (unpaired) electrons. The van der Waals surface area contributed by atoms with E-state index in [1.807, 2.05) is 20.8 Å². The lowest BCUT2D eigenvalue weighted by atomic mass is 10.3. The van der Waals surface area contributed by atoms with Gasteiger partial charge in [-0.25, -0.2) is 9.98 Å². The predicted octanol–water partition coefficient (Wildman–Crippen LogP) is 1.75. The van der Waals surface area contributed by atoms with Gasteiger partial charge in [0.25, 0.3) is 0 Å². The van der Waals surface area contributed by atoms with E-state index in [4.69, 9.17) is 10.2 Å². The van der Waals surface area contributed by atoms with Gasteiger partial charge in [0.05, 0.1) is 5.69 Å². The van der Waals surface area contributed by atoms with E-state index in [1.165, 1.54) is 0 Å². The first-order valence-corrected chi connectivity index (χ1v) is 6.04. The molecule has 0 atom stereocenters. The fraction of sp³-hybridized carbons (Fsp3) is 0.667. The second kappa shape index (κ2) is 6.27. The van der Waals surface area contributed by atoms with Crippen molar-refractivity contribution in [1.82, 2.24) is 10.3 Å². The van der Waals surface area contributed by atoms with Crippen LogP contribution in [0.2, 0.25) is 0 Å². The van der Waals surface area contributed by atoms with Crippen LogP contribution in [0.3, 0.4) is 0 Å². The molecule has 0 aromatic carbocycles. The number of aromatic nitrogens is 1. The average Bonchev–Trinajstić information content (AvgIpc) is 2.56. The number of aliphatic imine (C=N–C) groups is 1. The summed E-state index contributed by atoms with van der Waals surface area (Å²) in [5.74, 6) is 2.01. The van der Waals surface area contributed by atoms with Crippen LogP contribution < -0.4 is 11.1 Å². The third-order valence-corrected chi connectivity index (χ3v) is 2.23. The van der Waals surface area contributed by atoms with Gasteiger partial charge in [0.15, 0.2) is 11.9 Å². The minimum atomic E-state index is 0.283. The molecule has 0 aliphatic carbocycles. The number of nitrogens with two attached hydrogens (primary N) is 1. The minimum absolute atomic E-state index is 0.283. The summed E-state index contributed by atoms with van der Waals surface area (Å²) in [6.07, 6.45) is 1.89. The summed E-state index contributed by atoms with van der Waals surface area (Å²) < 4.78 is 5.61. The van der Waals surface area contributed by atoms with Crippen LogP contribution in [-0.2, 0) is 13.0 Å². The highest BCUT2D eigenvalue weighted by Crippen LogP contribution is 2.12. The molecule has 0 unspecified atom stereocenters. The monoisotopic (exact) mass is 238 g/mol. The van der Waals surface area contributed by atoms with E-state index in [-0.39, 0.29) is 6.04 Å². The van der Waals surface area contributed by atoms with E-state index in [9.17, 15) is 0 Å². The molecule has 96 valence electrons. The Kier molecular flexibility index (Phi) is 5.00. The first-order valence-electron chi connectivity index (χ1n) is 6.04. The topological polar surface area (TPSA) is 76.4 Å². The van der Waals surface area contributed by atoms with Crippen molar-refractivity contribution in [2.75, 3.05) is 0 Å². The van der Waals surface area contributed by atoms with Crippen LogP contribution in [0.1, 0.15) is 44.5 Å². The fourth-order valence-corrected chi connectivity index (χ4v) is 1.45. The van der Waals surface area contributed by atoms with E-state index >= 15 is 0 Å². The molecule has 0 saturated heterocycles.